The smallest absolute Gasteiger partial charge is 0.114 e. The second kappa shape index (κ2) is 17.4. The lowest BCUT2D eigenvalue weighted by Gasteiger charge is -2.20. The van der Waals surface area contributed by atoms with Gasteiger partial charge in [-0.05, 0) is 32.1 Å². The quantitative estimate of drug-likeness (QED) is 0.238. The zero-order valence-electron chi connectivity index (χ0n) is 17.9. The fourth-order valence-corrected chi connectivity index (χ4v) is 3.54. The summed E-state index contributed by atoms with van der Waals surface area (Å²) < 4.78 is 10.6. The number of ether oxygens (including phenoxy) is 2. The van der Waals surface area contributed by atoms with Gasteiger partial charge in [-0.3, -0.25) is 0 Å². The molecule has 0 bridgehead atoms. The fourth-order valence-electron chi connectivity index (χ4n) is 3.54. The largest absolute Gasteiger partial charge is 0.388 e. The third-order valence-electron chi connectivity index (χ3n) is 5.41. The van der Waals surface area contributed by atoms with Crippen LogP contribution in [0.15, 0.2) is 12.2 Å². The summed E-state index contributed by atoms with van der Waals surface area (Å²) in [5, 5.41) is 29.0. The molecule has 0 unspecified atom stereocenters. The van der Waals surface area contributed by atoms with Crippen LogP contribution >= 0.6 is 0 Å². The summed E-state index contributed by atoms with van der Waals surface area (Å²) in [6, 6.07) is 0. The summed E-state index contributed by atoms with van der Waals surface area (Å²) in [6.07, 6.45) is 17.6. The highest BCUT2D eigenvalue weighted by Crippen LogP contribution is 2.18. The summed E-state index contributed by atoms with van der Waals surface area (Å²) in [6.45, 7) is 3.05. The highest BCUT2D eigenvalue weighted by Gasteiger charge is 2.39. The molecule has 5 heteroatoms. The highest BCUT2D eigenvalue weighted by molar-refractivity contribution is 4.87. The monoisotopic (exact) mass is 400 g/mol. The minimum absolute atomic E-state index is 0.0638. The first-order chi connectivity index (χ1) is 13.7. The average molecular weight is 401 g/mol. The van der Waals surface area contributed by atoms with E-state index in [4.69, 9.17) is 9.47 Å². The van der Waals surface area contributed by atoms with Crippen molar-refractivity contribution in [2.24, 2.45) is 0 Å². The number of allylic oxidation sites excluding steroid dienone is 2. The number of rotatable bonds is 18. The van der Waals surface area contributed by atoms with Crippen LogP contribution in [0, 0.1) is 0 Å². The van der Waals surface area contributed by atoms with E-state index in [2.05, 4.69) is 19.1 Å². The van der Waals surface area contributed by atoms with E-state index in [9.17, 15) is 15.3 Å². The van der Waals surface area contributed by atoms with Crippen LogP contribution in [0.4, 0.5) is 0 Å². The van der Waals surface area contributed by atoms with Crippen LogP contribution < -0.4 is 0 Å². The molecule has 0 aliphatic carbocycles. The van der Waals surface area contributed by atoms with E-state index < -0.39 is 24.4 Å². The van der Waals surface area contributed by atoms with Gasteiger partial charge in [-0.1, -0.05) is 70.4 Å². The van der Waals surface area contributed by atoms with Crippen LogP contribution in [0.1, 0.15) is 90.4 Å². The first kappa shape index (κ1) is 25.6. The maximum atomic E-state index is 9.93. The molecule has 0 aromatic carbocycles. The minimum atomic E-state index is -1.03. The molecule has 0 amide bonds. The number of unbranched alkanes of at least 4 members (excludes halogenated alkanes) is 11. The van der Waals surface area contributed by atoms with Gasteiger partial charge in [-0.2, -0.15) is 0 Å². The van der Waals surface area contributed by atoms with Crippen molar-refractivity contribution in [2.45, 2.75) is 115 Å². The van der Waals surface area contributed by atoms with Crippen LogP contribution in [0.5, 0.6) is 0 Å². The molecule has 5 nitrogen and oxygen atoms in total. The second-order valence-corrected chi connectivity index (χ2v) is 8.08. The Morgan fingerprint density at radius 2 is 1.46 bits per heavy atom. The second-order valence-electron chi connectivity index (χ2n) is 8.08. The standard InChI is InChI=1S/C23H44O5/c1-2-3-4-5-6-7-8-9-10-11-12-13-14-15-16-17-27-18-21(25)23-22(26)20(24)19-28-23/h12-13,20-26H,2-11,14-19H2,1H3/b13-12+/t20-,21+,22-,23-/m1/s1. The van der Waals surface area contributed by atoms with Crippen molar-refractivity contribution in [3.05, 3.63) is 12.2 Å². The molecule has 1 aliphatic heterocycles. The summed E-state index contributed by atoms with van der Waals surface area (Å²) >= 11 is 0. The van der Waals surface area contributed by atoms with Crippen molar-refractivity contribution in [1.29, 1.82) is 0 Å². The van der Waals surface area contributed by atoms with E-state index in [0.29, 0.717) is 6.61 Å². The van der Waals surface area contributed by atoms with Crippen molar-refractivity contribution in [1.82, 2.24) is 0 Å². The summed E-state index contributed by atoms with van der Waals surface area (Å²) in [5.41, 5.74) is 0. The first-order valence-electron chi connectivity index (χ1n) is 11.5. The third-order valence-corrected chi connectivity index (χ3v) is 5.41. The normalized spacial score (nSPS) is 23.6. The molecule has 1 fully saturated rings. The van der Waals surface area contributed by atoms with Crippen LogP contribution in [-0.2, 0) is 9.47 Å². The minimum Gasteiger partial charge on any atom is -0.388 e. The van der Waals surface area contributed by atoms with E-state index in [-0.39, 0.29) is 13.2 Å². The van der Waals surface area contributed by atoms with Gasteiger partial charge in [-0.25, -0.2) is 0 Å². The molecular formula is C23H44O5. The first-order valence-corrected chi connectivity index (χ1v) is 11.5. The van der Waals surface area contributed by atoms with Gasteiger partial charge in [0.1, 0.15) is 24.4 Å². The zero-order valence-corrected chi connectivity index (χ0v) is 17.9. The van der Waals surface area contributed by atoms with Crippen LogP contribution in [0.2, 0.25) is 0 Å². The summed E-state index contributed by atoms with van der Waals surface area (Å²) in [7, 11) is 0. The van der Waals surface area contributed by atoms with Crippen molar-refractivity contribution in [3.8, 4) is 0 Å². The Hall–Kier alpha value is -0.460. The van der Waals surface area contributed by atoms with Crippen molar-refractivity contribution in [2.75, 3.05) is 19.8 Å². The van der Waals surface area contributed by atoms with Gasteiger partial charge >= 0.3 is 0 Å². The molecule has 166 valence electrons. The van der Waals surface area contributed by atoms with Crippen molar-refractivity contribution in [3.63, 3.8) is 0 Å². The van der Waals surface area contributed by atoms with Crippen LogP contribution in [0.25, 0.3) is 0 Å². The maximum absolute atomic E-state index is 9.93. The topological polar surface area (TPSA) is 79.2 Å². The molecule has 1 saturated heterocycles. The molecule has 1 rings (SSSR count). The Balaban J connectivity index is 1.81. The van der Waals surface area contributed by atoms with Crippen LogP contribution in [0.3, 0.4) is 0 Å². The summed E-state index contributed by atoms with van der Waals surface area (Å²) in [5.74, 6) is 0. The molecule has 28 heavy (non-hydrogen) atoms. The molecule has 0 aromatic rings. The zero-order chi connectivity index (χ0) is 20.5. The van der Waals surface area contributed by atoms with Crippen molar-refractivity contribution >= 4 is 0 Å². The van der Waals surface area contributed by atoms with Gasteiger partial charge in [0.15, 0.2) is 0 Å². The maximum Gasteiger partial charge on any atom is 0.114 e. The number of hydrogen-bond acceptors (Lipinski definition) is 5. The Morgan fingerprint density at radius 1 is 0.893 bits per heavy atom. The lowest BCUT2D eigenvalue weighted by Crippen LogP contribution is -2.40. The Labute approximate surface area is 172 Å². The van der Waals surface area contributed by atoms with Gasteiger partial charge in [0, 0.05) is 6.61 Å². The van der Waals surface area contributed by atoms with Crippen molar-refractivity contribution < 1.29 is 24.8 Å². The molecule has 1 heterocycles. The molecule has 0 saturated carbocycles. The molecule has 4 atom stereocenters. The van der Waals surface area contributed by atoms with E-state index in [1.54, 1.807) is 0 Å². The molecule has 0 spiro atoms. The van der Waals surface area contributed by atoms with Gasteiger partial charge in [0.05, 0.1) is 13.2 Å². The molecule has 0 radical (unpaired) electrons. The van der Waals surface area contributed by atoms with E-state index >= 15 is 0 Å². The molecule has 3 N–H and O–H groups in total. The Kier molecular flexibility index (Phi) is 15.9. The van der Waals surface area contributed by atoms with E-state index in [0.717, 1.165) is 19.3 Å². The molecule has 0 aromatic heterocycles. The fraction of sp³-hybridized carbons (Fsp3) is 0.913. The number of aliphatic hydroxyl groups is 3. The molecule has 1 aliphatic rings. The SMILES string of the molecule is CCCCCCCCCCC/C=C/CCCCOC[C@H](O)[C@H]1OC[C@@H](O)[C@H]1O. The van der Waals surface area contributed by atoms with Gasteiger partial charge < -0.3 is 24.8 Å². The van der Waals surface area contributed by atoms with Gasteiger partial charge in [0.2, 0.25) is 0 Å². The van der Waals surface area contributed by atoms with Gasteiger partial charge in [0.25, 0.3) is 0 Å². The van der Waals surface area contributed by atoms with Gasteiger partial charge in [-0.15, -0.1) is 0 Å². The predicted molar refractivity (Wildman–Crippen MR) is 113 cm³/mol. The van der Waals surface area contributed by atoms with E-state index in [1.807, 2.05) is 0 Å². The number of aliphatic hydroxyl groups excluding tert-OH is 3. The van der Waals surface area contributed by atoms with E-state index in [1.165, 1.54) is 64.2 Å². The Morgan fingerprint density at radius 3 is 2.04 bits per heavy atom. The highest BCUT2D eigenvalue weighted by atomic mass is 16.5. The average Bonchev–Trinajstić information content (AvgIpc) is 3.03. The lowest BCUT2D eigenvalue weighted by atomic mass is 10.1. The number of hydrogen-bond donors (Lipinski definition) is 3. The predicted octanol–water partition coefficient (Wildman–Crippen LogP) is 4.13. The molecular weight excluding hydrogens is 356 g/mol. The lowest BCUT2D eigenvalue weighted by molar-refractivity contribution is -0.0813. The van der Waals surface area contributed by atoms with Crippen LogP contribution in [-0.4, -0.2) is 59.6 Å². The summed E-state index contributed by atoms with van der Waals surface area (Å²) in [4.78, 5) is 0. The third kappa shape index (κ3) is 12.2. The Bertz CT molecular complexity index is 374.